The van der Waals surface area contributed by atoms with Crippen LogP contribution < -0.4 is 5.73 Å². The van der Waals surface area contributed by atoms with E-state index in [9.17, 15) is 0 Å². The second-order valence-corrected chi connectivity index (χ2v) is 4.88. The molecule has 0 aliphatic rings. The fraction of sp³-hybridized carbons (Fsp3) is 0.615. The third kappa shape index (κ3) is 2.42. The fourth-order valence-corrected chi connectivity index (χ4v) is 1.92. The van der Waals surface area contributed by atoms with Crippen molar-refractivity contribution in [3.8, 4) is 0 Å². The van der Waals surface area contributed by atoms with E-state index in [4.69, 9.17) is 5.73 Å². The second-order valence-electron chi connectivity index (χ2n) is 4.88. The molecule has 0 aliphatic heterocycles. The van der Waals surface area contributed by atoms with E-state index in [0.717, 1.165) is 17.5 Å². The van der Waals surface area contributed by atoms with E-state index in [-0.39, 0.29) is 11.6 Å². The van der Waals surface area contributed by atoms with Crippen molar-refractivity contribution in [2.75, 3.05) is 14.1 Å². The molecule has 0 aromatic carbocycles. The molecule has 0 fully saturated rings. The largest absolute Gasteiger partial charge is 0.322 e. The highest BCUT2D eigenvalue weighted by atomic mass is 15.2. The first kappa shape index (κ1) is 13.1. The summed E-state index contributed by atoms with van der Waals surface area (Å²) in [5.41, 5.74) is 8.61. The Hall–Kier alpha value is -0.930. The fourth-order valence-electron chi connectivity index (χ4n) is 1.92. The highest BCUT2D eigenvalue weighted by Crippen LogP contribution is 2.30. The Morgan fingerprint density at radius 2 is 2.06 bits per heavy atom. The predicted octanol–water partition coefficient (Wildman–Crippen LogP) is 2.12. The van der Waals surface area contributed by atoms with Crippen molar-refractivity contribution in [3.63, 3.8) is 0 Å². The van der Waals surface area contributed by atoms with Crippen LogP contribution in [0.5, 0.6) is 0 Å². The Bertz CT molecular complexity index is 349. The molecule has 0 saturated carbocycles. The van der Waals surface area contributed by atoms with Gasteiger partial charge in [0.15, 0.2) is 0 Å². The molecule has 0 bridgehead atoms. The maximum atomic E-state index is 6.37. The van der Waals surface area contributed by atoms with E-state index >= 15 is 0 Å². The second kappa shape index (κ2) is 4.93. The van der Waals surface area contributed by atoms with Gasteiger partial charge in [-0.05, 0) is 45.5 Å². The topological polar surface area (TPSA) is 42.1 Å². The summed E-state index contributed by atoms with van der Waals surface area (Å²) in [6, 6.07) is 2.11. The summed E-state index contributed by atoms with van der Waals surface area (Å²) in [5, 5.41) is 0. The summed E-state index contributed by atoms with van der Waals surface area (Å²) in [6.45, 7) is 6.41. The highest BCUT2D eigenvalue weighted by Gasteiger charge is 2.33. The normalized spacial score (nSPS) is 17.2. The van der Waals surface area contributed by atoms with E-state index < -0.39 is 0 Å². The summed E-state index contributed by atoms with van der Waals surface area (Å²) in [4.78, 5) is 6.41. The van der Waals surface area contributed by atoms with Crippen molar-refractivity contribution < 1.29 is 0 Å². The number of likely N-dealkylation sites (N-methyl/N-ethyl adjacent to an activating group) is 1. The average Bonchev–Trinajstić information content (AvgIpc) is 2.26. The first-order valence-electron chi connectivity index (χ1n) is 5.76. The molecule has 0 radical (unpaired) electrons. The van der Waals surface area contributed by atoms with Crippen LogP contribution in [0.15, 0.2) is 18.5 Å². The lowest BCUT2D eigenvalue weighted by atomic mass is 9.84. The Kier molecular flexibility index (Phi) is 4.05. The summed E-state index contributed by atoms with van der Waals surface area (Å²) in [6.07, 6.45) is 4.74. The van der Waals surface area contributed by atoms with Gasteiger partial charge in [-0.15, -0.1) is 0 Å². The quantitative estimate of drug-likeness (QED) is 0.847. The van der Waals surface area contributed by atoms with Gasteiger partial charge in [-0.25, -0.2) is 0 Å². The van der Waals surface area contributed by atoms with Crippen molar-refractivity contribution in [2.24, 2.45) is 5.73 Å². The number of nitrogens with two attached hydrogens (primary N) is 1. The number of hydrogen-bond acceptors (Lipinski definition) is 3. The lowest BCUT2D eigenvalue weighted by Crippen LogP contribution is -2.49. The molecule has 0 saturated heterocycles. The highest BCUT2D eigenvalue weighted by molar-refractivity contribution is 5.23. The Labute approximate surface area is 98.7 Å². The van der Waals surface area contributed by atoms with Crippen LogP contribution in [-0.4, -0.2) is 29.5 Å². The monoisotopic (exact) mass is 221 g/mol. The van der Waals surface area contributed by atoms with Crippen molar-refractivity contribution >= 4 is 0 Å². The molecule has 0 amide bonds. The maximum absolute atomic E-state index is 6.37. The summed E-state index contributed by atoms with van der Waals surface area (Å²) in [5.74, 6) is 0. The molecule has 0 aliphatic carbocycles. The molecular formula is C13H23N3. The van der Waals surface area contributed by atoms with Gasteiger partial charge in [0, 0.05) is 24.0 Å². The van der Waals surface area contributed by atoms with Gasteiger partial charge in [-0.2, -0.15) is 0 Å². The van der Waals surface area contributed by atoms with E-state index in [2.05, 4.69) is 43.9 Å². The molecule has 1 heterocycles. The zero-order chi connectivity index (χ0) is 12.3. The third-order valence-corrected chi connectivity index (χ3v) is 3.66. The van der Waals surface area contributed by atoms with E-state index in [1.165, 1.54) is 0 Å². The lowest BCUT2D eigenvalue weighted by molar-refractivity contribution is 0.132. The standard InChI is InChI=1S/C13H23N3/c1-6-13(3,16(4)5)12(14)11-7-10(2)8-15-9-11/h7-9,12H,6,14H2,1-5H3. The number of pyridine rings is 1. The van der Waals surface area contributed by atoms with Crippen LogP contribution in [-0.2, 0) is 0 Å². The van der Waals surface area contributed by atoms with Crippen molar-refractivity contribution in [3.05, 3.63) is 29.6 Å². The first-order chi connectivity index (χ1) is 7.41. The van der Waals surface area contributed by atoms with E-state index in [0.29, 0.717) is 0 Å². The molecular weight excluding hydrogens is 198 g/mol. The molecule has 90 valence electrons. The summed E-state index contributed by atoms with van der Waals surface area (Å²) >= 11 is 0. The van der Waals surface area contributed by atoms with E-state index in [1.54, 1.807) is 0 Å². The molecule has 2 N–H and O–H groups in total. The number of aromatic nitrogens is 1. The molecule has 1 rings (SSSR count). The molecule has 1 aromatic heterocycles. The number of aryl methyl sites for hydroxylation is 1. The molecule has 16 heavy (non-hydrogen) atoms. The molecule has 2 atom stereocenters. The van der Waals surface area contributed by atoms with Crippen LogP contribution in [0.25, 0.3) is 0 Å². The Morgan fingerprint density at radius 1 is 1.44 bits per heavy atom. The first-order valence-corrected chi connectivity index (χ1v) is 5.76. The minimum atomic E-state index is -0.0323. The zero-order valence-electron chi connectivity index (χ0n) is 11.0. The van der Waals surface area contributed by atoms with Gasteiger partial charge in [0.25, 0.3) is 0 Å². The minimum absolute atomic E-state index is 0.0140. The van der Waals surface area contributed by atoms with Crippen LogP contribution in [0.4, 0.5) is 0 Å². The SMILES string of the molecule is CCC(C)(C(N)c1cncc(C)c1)N(C)C. The predicted molar refractivity (Wildman–Crippen MR) is 68.3 cm³/mol. The van der Waals surface area contributed by atoms with Gasteiger partial charge in [-0.3, -0.25) is 4.98 Å². The zero-order valence-corrected chi connectivity index (χ0v) is 11.0. The van der Waals surface area contributed by atoms with Crippen LogP contribution in [0.1, 0.15) is 37.4 Å². The van der Waals surface area contributed by atoms with Crippen LogP contribution in [0.3, 0.4) is 0 Å². The lowest BCUT2D eigenvalue weighted by Gasteiger charge is -2.41. The van der Waals surface area contributed by atoms with Gasteiger partial charge in [0.2, 0.25) is 0 Å². The van der Waals surface area contributed by atoms with Crippen molar-refractivity contribution in [2.45, 2.75) is 38.8 Å². The van der Waals surface area contributed by atoms with Crippen molar-refractivity contribution in [1.82, 2.24) is 9.88 Å². The van der Waals surface area contributed by atoms with Gasteiger partial charge in [0.05, 0.1) is 0 Å². The smallest absolute Gasteiger partial charge is 0.0494 e. The van der Waals surface area contributed by atoms with Gasteiger partial charge in [-0.1, -0.05) is 13.0 Å². The van der Waals surface area contributed by atoms with Crippen LogP contribution >= 0.6 is 0 Å². The third-order valence-electron chi connectivity index (χ3n) is 3.66. The molecule has 3 heteroatoms. The van der Waals surface area contributed by atoms with Gasteiger partial charge < -0.3 is 10.6 Å². The summed E-state index contributed by atoms with van der Waals surface area (Å²) < 4.78 is 0. The molecule has 1 aromatic rings. The number of rotatable bonds is 4. The van der Waals surface area contributed by atoms with Gasteiger partial charge in [0.1, 0.15) is 0 Å². The molecule has 0 spiro atoms. The average molecular weight is 221 g/mol. The van der Waals surface area contributed by atoms with E-state index in [1.807, 2.05) is 19.3 Å². The maximum Gasteiger partial charge on any atom is 0.0494 e. The van der Waals surface area contributed by atoms with Gasteiger partial charge >= 0.3 is 0 Å². The van der Waals surface area contributed by atoms with Crippen molar-refractivity contribution in [1.29, 1.82) is 0 Å². The number of hydrogen-bond donors (Lipinski definition) is 1. The molecule has 2 unspecified atom stereocenters. The Balaban J connectivity index is 3.04. The van der Waals surface area contributed by atoms with Crippen LogP contribution in [0, 0.1) is 6.92 Å². The minimum Gasteiger partial charge on any atom is -0.322 e. The molecule has 3 nitrogen and oxygen atoms in total. The summed E-state index contributed by atoms with van der Waals surface area (Å²) in [7, 11) is 4.15. The van der Waals surface area contributed by atoms with Crippen LogP contribution in [0.2, 0.25) is 0 Å². The number of nitrogens with zero attached hydrogens (tertiary/aromatic N) is 2. The Morgan fingerprint density at radius 3 is 2.50 bits per heavy atom.